The number of nitrogens with zero attached hydrogens (tertiary/aromatic N) is 1. The molecule has 26 heavy (non-hydrogen) atoms. The van der Waals surface area contributed by atoms with Crippen molar-refractivity contribution >= 4 is 23.8 Å². The van der Waals surface area contributed by atoms with Gasteiger partial charge in [-0.15, -0.1) is 0 Å². The molecule has 1 fully saturated rings. The monoisotopic (exact) mass is 381 g/mol. The van der Waals surface area contributed by atoms with Crippen LogP contribution >= 0.6 is 11.8 Å². The third-order valence-corrected chi connectivity index (χ3v) is 5.32. The van der Waals surface area contributed by atoms with Crippen molar-refractivity contribution < 1.29 is 23.8 Å². The summed E-state index contributed by atoms with van der Waals surface area (Å²) in [6, 6.07) is 7.29. The van der Waals surface area contributed by atoms with Crippen molar-refractivity contribution in [3.8, 4) is 5.75 Å². The van der Waals surface area contributed by atoms with Gasteiger partial charge in [0.05, 0.1) is 14.2 Å². The van der Waals surface area contributed by atoms with E-state index >= 15 is 0 Å². The Morgan fingerprint density at radius 3 is 2.38 bits per heavy atom. The molecule has 0 N–H and O–H groups in total. The normalized spacial score (nSPS) is 20.0. The molecule has 2 rings (SSSR count). The number of esters is 1. The average Bonchev–Trinajstić information content (AvgIpc) is 3.03. The molecule has 1 aliphatic rings. The van der Waals surface area contributed by atoms with Gasteiger partial charge < -0.3 is 14.2 Å². The van der Waals surface area contributed by atoms with Crippen molar-refractivity contribution in [3.05, 3.63) is 29.8 Å². The van der Waals surface area contributed by atoms with Crippen molar-refractivity contribution in [1.82, 2.24) is 4.90 Å². The summed E-state index contributed by atoms with van der Waals surface area (Å²) in [4.78, 5) is 26.0. The molecule has 7 heteroatoms. The second-order valence-corrected chi connectivity index (χ2v) is 8.48. The lowest BCUT2D eigenvalue weighted by molar-refractivity contribution is -0.145. The smallest absolute Gasteiger partial charge is 0.411 e. The molecule has 0 saturated carbocycles. The van der Waals surface area contributed by atoms with E-state index in [-0.39, 0.29) is 5.25 Å². The molecule has 0 spiro atoms. The number of carbonyl (C=O) groups is 2. The van der Waals surface area contributed by atoms with Crippen molar-refractivity contribution in [3.63, 3.8) is 0 Å². The van der Waals surface area contributed by atoms with Gasteiger partial charge in [0.2, 0.25) is 0 Å². The van der Waals surface area contributed by atoms with Crippen molar-refractivity contribution in [2.75, 3.05) is 20.8 Å². The first-order chi connectivity index (χ1) is 12.2. The van der Waals surface area contributed by atoms with E-state index in [2.05, 4.69) is 0 Å². The van der Waals surface area contributed by atoms with E-state index in [4.69, 9.17) is 14.2 Å². The largest absolute Gasteiger partial charge is 0.497 e. The van der Waals surface area contributed by atoms with Gasteiger partial charge in [0.1, 0.15) is 17.4 Å². The van der Waals surface area contributed by atoms with Gasteiger partial charge in [0.15, 0.2) is 0 Å². The maximum absolute atomic E-state index is 12.5. The molecule has 0 aromatic heterocycles. The lowest BCUT2D eigenvalue weighted by atomic mass is 10.2. The number of rotatable bonds is 5. The molecule has 144 valence electrons. The van der Waals surface area contributed by atoms with E-state index in [1.807, 2.05) is 45.0 Å². The Morgan fingerprint density at radius 1 is 1.19 bits per heavy atom. The van der Waals surface area contributed by atoms with Crippen LogP contribution in [0.5, 0.6) is 5.75 Å². The molecular weight excluding hydrogens is 354 g/mol. The summed E-state index contributed by atoms with van der Waals surface area (Å²) in [5.74, 6) is 1.22. The Bertz CT molecular complexity index is 626. The number of hydrogen-bond acceptors (Lipinski definition) is 6. The number of carbonyl (C=O) groups excluding carboxylic acids is 2. The zero-order valence-corrected chi connectivity index (χ0v) is 16.8. The Hall–Kier alpha value is -1.89. The Kier molecular flexibility index (Phi) is 6.81. The van der Waals surface area contributed by atoms with E-state index in [9.17, 15) is 9.59 Å². The van der Waals surface area contributed by atoms with Gasteiger partial charge in [-0.25, -0.2) is 9.59 Å². The van der Waals surface area contributed by atoms with Gasteiger partial charge in [-0.1, -0.05) is 12.1 Å². The first kappa shape index (κ1) is 20.4. The lowest BCUT2D eigenvalue weighted by Crippen LogP contribution is -2.43. The quantitative estimate of drug-likeness (QED) is 0.728. The van der Waals surface area contributed by atoms with Crippen LogP contribution in [0.4, 0.5) is 4.79 Å². The first-order valence-corrected chi connectivity index (χ1v) is 9.60. The van der Waals surface area contributed by atoms with Crippen LogP contribution in [0.1, 0.15) is 32.8 Å². The molecule has 0 radical (unpaired) electrons. The van der Waals surface area contributed by atoms with Crippen LogP contribution in [0.2, 0.25) is 0 Å². The van der Waals surface area contributed by atoms with Gasteiger partial charge in [-0.2, -0.15) is 11.8 Å². The number of methoxy groups -OCH3 is 2. The van der Waals surface area contributed by atoms with Crippen LogP contribution in [0.3, 0.4) is 0 Å². The zero-order chi connectivity index (χ0) is 19.3. The van der Waals surface area contributed by atoms with E-state index in [1.165, 1.54) is 17.6 Å². The molecule has 1 aromatic rings. The van der Waals surface area contributed by atoms with Crippen LogP contribution in [0, 0.1) is 0 Å². The fourth-order valence-corrected chi connectivity index (χ4v) is 3.94. The highest BCUT2D eigenvalue weighted by Gasteiger charge is 2.42. The summed E-state index contributed by atoms with van der Waals surface area (Å²) < 4.78 is 15.5. The molecule has 1 saturated heterocycles. The Morgan fingerprint density at radius 2 is 1.85 bits per heavy atom. The van der Waals surface area contributed by atoms with Gasteiger partial charge in [0, 0.05) is 17.5 Å². The molecule has 2 atom stereocenters. The standard InChI is InChI=1S/C19H27NO5S/c1-19(2,3)25-18(22)20-11-15(10-16(20)17(21)24-5)26-12-13-6-8-14(23-4)9-7-13/h6-9,15-16H,10-12H2,1-5H3/t15-,16-/m0/s1. The molecule has 0 aliphatic carbocycles. The average molecular weight is 381 g/mol. The van der Waals surface area contributed by atoms with E-state index in [0.29, 0.717) is 13.0 Å². The number of amides is 1. The maximum Gasteiger partial charge on any atom is 0.411 e. The molecular formula is C19H27NO5S. The summed E-state index contributed by atoms with van der Waals surface area (Å²) in [6.45, 7) is 5.90. The minimum atomic E-state index is -0.605. The first-order valence-electron chi connectivity index (χ1n) is 8.55. The second-order valence-electron chi connectivity index (χ2n) is 7.19. The Labute approximate surface area is 159 Å². The third kappa shape index (κ3) is 5.56. The molecule has 6 nitrogen and oxygen atoms in total. The minimum Gasteiger partial charge on any atom is -0.497 e. The molecule has 1 aromatic carbocycles. The van der Waals surface area contributed by atoms with Crippen molar-refractivity contribution in [2.24, 2.45) is 0 Å². The summed E-state index contributed by atoms with van der Waals surface area (Å²) in [5, 5.41) is 0.147. The molecule has 1 heterocycles. The predicted octanol–water partition coefficient (Wildman–Crippen LogP) is 3.48. The summed E-state index contributed by atoms with van der Waals surface area (Å²) in [7, 11) is 2.98. The minimum absolute atomic E-state index is 0.147. The van der Waals surface area contributed by atoms with Crippen LogP contribution < -0.4 is 4.74 Å². The van der Waals surface area contributed by atoms with E-state index in [0.717, 1.165) is 11.5 Å². The number of thioether (sulfide) groups is 1. The SMILES string of the molecule is COC(=O)[C@@H]1C[C@H](SCc2ccc(OC)cc2)CN1C(=O)OC(C)(C)C. The highest BCUT2D eigenvalue weighted by atomic mass is 32.2. The third-order valence-electron chi connectivity index (χ3n) is 4.01. The number of hydrogen-bond donors (Lipinski definition) is 0. The molecule has 0 bridgehead atoms. The zero-order valence-electron chi connectivity index (χ0n) is 16.0. The summed E-state index contributed by atoms with van der Waals surface area (Å²) in [5.41, 5.74) is 0.563. The lowest BCUT2D eigenvalue weighted by Gasteiger charge is -2.27. The van der Waals surface area contributed by atoms with Gasteiger partial charge in [-0.3, -0.25) is 4.90 Å². The van der Waals surface area contributed by atoms with Gasteiger partial charge >= 0.3 is 12.1 Å². The Balaban J connectivity index is 1.99. The fourth-order valence-electron chi connectivity index (χ4n) is 2.74. The van der Waals surface area contributed by atoms with Crippen molar-refractivity contribution in [1.29, 1.82) is 0 Å². The maximum atomic E-state index is 12.5. The second kappa shape index (κ2) is 8.66. The van der Waals surface area contributed by atoms with Crippen LogP contribution in [-0.4, -0.2) is 54.6 Å². The number of likely N-dealkylation sites (tertiary alicyclic amines) is 1. The molecule has 0 unspecified atom stereocenters. The predicted molar refractivity (Wildman–Crippen MR) is 101 cm³/mol. The fraction of sp³-hybridized carbons (Fsp3) is 0.579. The van der Waals surface area contributed by atoms with Crippen LogP contribution in [-0.2, 0) is 20.0 Å². The van der Waals surface area contributed by atoms with Crippen LogP contribution in [0.25, 0.3) is 0 Å². The number of ether oxygens (including phenoxy) is 3. The summed E-state index contributed by atoms with van der Waals surface area (Å²) >= 11 is 1.72. The van der Waals surface area contributed by atoms with Crippen LogP contribution in [0.15, 0.2) is 24.3 Å². The molecule has 1 amide bonds. The van der Waals surface area contributed by atoms with Gasteiger partial charge in [-0.05, 0) is 44.9 Å². The topological polar surface area (TPSA) is 65.1 Å². The number of benzene rings is 1. The van der Waals surface area contributed by atoms with Crippen molar-refractivity contribution in [2.45, 2.75) is 49.8 Å². The summed E-state index contributed by atoms with van der Waals surface area (Å²) in [6.07, 6.45) is 0.0904. The molecule has 1 aliphatic heterocycles. The van der Waals surface area contributed by atoms with E-state index in [1.54, 1.807) is 18.9 Å². The van der Waals surface area contributed by atoms with E-state index < -0.39 is 23.7 Å². The highest BCUT2D eigenvalue weighted by Crippen LogP contribution is 2.32. The van der Waals surface area contributed by atoms with Gasteiger partial charge in [0.25, 0.3) is 0 Å². The highest BCUT2D eigenvalue weighted by molar-refractivity contribution is 7.99.